The van der Waals surface area contributed by atoms with Crippen molar-refractivity contribution in [3.05, 3.63) is 59.3 Å². The van der Waals surface area contributed by atoms with E-state index in [1.165, 1.54) is 0 Å². The van der Waals surface area contributed by atoms with E-state index in [4.69, 9.17) is 16.2 Å². The van der Waals surface area contributed by atoms with Gasteiger partial charge in [-0.3, -0.25) is 4.79 Å². The van der Waals surface area contributed by atoms with Gasteiger partial charge in [0.25, 0.3) is 5.91 Å². The fourth-order valence-electron chi connectivity index (χ4n) is 2.75. The molecule has 0 radical (unpaired) electrons. The number of carbonyl (C=O) groups is 1. The van der Waals surface area contributed by atoms with E-state index in [1.807, 2.05) is 20.2 Å². The van der Waals surface area contributed by atoms with Gasteiger partial charge in [-0.2, -0.15) is 4.99 Å². The lowest BCUT2D eigenvalue weighted by atomic mass is 9.91. The number of ether oxygens (including phenoxy) is 1. The average molecular weight is 324 g/mol. The molecule has 0 spiro atoms. The number of likely N-dealkylation sites (N-methyl/N-ethyl adjacent to an activating group) is 1. The maximum Gasteiger partial charge on any atom is 0.280 e. The molecule has 0 aliphatic carbocycles. The molecule has 6 nitrogen and oxygen atoms in total. The van der Waals surface area contributed by atoms with Crippen molar-refractivity contribution in [2.75, 3.05) is 13.6 Å². The first-order valence-electron chi connectivity index (χ1n) is 7.70. The van der Waals surface area contributed by atoms with Gasteiger partial charge >= 0.3 is 0 Å². The van der Waals surface area contributed by atoms with E-state index in [1.54, 1.807) is 18.2 Å². The molecule has 2 aliphatic rings. The van der Waals surface area contributed by atoms with Gasteiger partial charge in [0.2, 0.25) is 0 Å². The topological polar surface area (TPSA) is 93.9 Å². The number of fused-ring (bicyclic) bond motifs is 1. The van der Waals surface area contributed by atoms with Crippen molar-refractivity contribution in [1.29, 1.82) is 0 Å². The van der Waals surface area contributed by atoms with E-state index in [9.17, 15) is 4.79 Å². The van der Waals surface area contributed by atoms with E-state index < -0.39 is 5.91 Å². The Hall–Kier alpha value is -3.02. The van der Waals surface area contributed by atoms with Gasteiger partial charge in [0.15, 0.2) is 5.96 Å². The average Bonchev–Trinajstić information content (AvgIpc) is 2.53. The summed E-state index contributed by atoms with van der Waals surface area (Å²) >= 11 is 0. The van der Waals surface area contributed by atoms with Crippen LogP contribution in [0.3, 0.4) is 0 Å². The second-order valence-corrected chi connectivity index (χ2v) is 5.87. The SMILES string of the molecule is CC1C=C(C2=CCN(C)C=C2)c2cc(C(=O)N=C(N)N)ccc2O1. The molecule has 0 saturated carbocycles. The molecule has 2 aliphatic heterocycles. The predicted octanol–water partition coefficient (Wildman–Crippen LogP) is 1.65. The predicted molar refractivity (Wildman–Crippen MR) is 94.5 cm³/mol. The van der Waals surface area contributed by atoms with Crippen LogP contribution in [-0.2, 0) is 0 Å². The minimum absolute atomic E-state index is 0.0410. The zero-order valence-electron chi connectivity index (χ0n) is 13.7. The molecule has 0 bridgehead atoms. The first-order chi connectivity index (χ1) is 11.4. The highest BCUT2D eigenvalue weighted by atomic mass is 16.5. The summed E-state index contributed by atoms with van der Waals surface area (Å²) in [5.41, 5.74) is 14.0. The van der Waals surface area contributed by atoms with Crippen LogP contribution in [0, 0.1) is 0 Å². The Morgan fingerprint density at radius 2 is 2.17 bits per heavy atom. The van der Waals surface area contributed by atoms with E-state index in [0.717, 1.165) is 29.0 Å². The number of rotatable bonds is 2. The van der Waals surface area contributed by atoms with Crippen LogP contribution in [-0.4, -0.2) is 36.5 Å². The third-order valence-electron chi connectivity index (χ3n) is 3.88. The fraction of sp³-hybridized carbons (Fsp3) is 0.222. The molecular weight excluding hydrogens is 304 g/mol. The van der Waals surface area contributed by atoms with Crippen molar-refractivity contribution >= 4 is 17.4 Å². The Labute approximate surface area is 140 Å². The molecule has 0 fully saturated rings. The number of hydrogen-bond donors (Lipinski definition) is 2. The highest BCUT2D eigenvalue weighted by Crippen LogP contribution is 2.37. The number of nitrogens with two attached hydrogens (primary N) is 2. The van der Waals surface area contributed by atoms with Gasteiger partial charge in [0, 0.05) is 24.7 Å². The van der Waals surface area contributed by atoms with Crippen molar-refractivity contribution in [3.63, 3.8) is 0 Å². The van der Waals surface area contributed by atoms with E-state index in [0.29, 0.717) is 5.56 Å². The maximum absolute atomic E-state index is 12.1. The van der Waals surface area contributed by atoms with Crippen molar-refractivity contribution in [2.45, 2.75) is 13.0 Å². The van der Waals surface area contributed by atoms with Crippen LogP contribution < -0.4 is 16.2 Å². The Bertz CT molecular complexity index is 801. The zero-order valence-corrected chi connectivity index (χ0v) is 13.7. The molecule has 1 aromatic rings. The van der Waals surface area contributed by atoms with Crippen molar-refractivity contribution in [1.82, 2.24) is 4.90 Å². The summed E-state index contributed by atoms with van der Waals surface area (Å²) in [5, 5.41) is 0. The normalized spacial score (nSPS) is 18.9. The van der Waals surface area contributed by atoms with Gasteiger partial charge in [-0.15, -0.1) is 0 Å². The summed E-state index contributed by atoms with van der Waals surface area (Å²) in [6.07, 6.45) is 8.25. The van der Waals surface area contributed by atoms with Crippen LogP contribution in [0.2, 0.25) is 0 Å². The van der Waals surface area contributed by atoms with Crippen molar-refractivity contribution < 1.29 is 9.53 Å². The number of guanidine groups is 1. The number of amides is 1. The summed E-state index contributed by atoms with van der Waals surface area (Å²) in [4.78, 5) is 17.8. The highest BCUT2D eigenvalue weighted by Gasteiger charge is 2.22. The van der Waals surface area contributed by atoms with Gasteiger partial charge in [-0.05, 0) is 54.6 Å². The van der Waals surface area contributed by atoms with Gasteiger partial charge in [-0.1, -0.05) is 6.08 Å². The smallest absolute Gasteiger partial charge is 0.280 e. The summed E-state index contributed by atoms with van der Waals surface area (Å²) in [5.74, 6) is 0.0254. The third-order valence-corrected chi connectivity index (χ3v) is 3.88. The maximum atomic E-state index is 12.1. The number of aliphatic imine (C=N–C) groups is 1. The number of nitrogens with zero attached hydrogens (tertiary/aromatic N) is 2. The number of hydrogen-bond acceptors (Lipinski definition) is 3. The van der Waals surface area contributed by atoms with Crippen molar-refractivity contribution in [2.24, 2.45) is 16.5 Å². The van der Waals surface area contributed by atoms with Crippen LogP contribution >= 0.6 is 0 Å². The Kier molecular flexibility index (Phi) is 4.12. The Balaban J connectivity index is 2.03. The molecule has 0 saturated heterocycles. The summed E-state index contributed by atoms with van der Waals surface area (Å²) in [6, 6.07) is 5.23. The minimum Gasteiger partial charge on any atom is -0.486 e. The molecule has 24 heavy (non-hydrogen) atoms. The largest absolute Gasteiger partial charge is 0.486 e. The third kappa shape index (κ3) is 3.17. The number of allylic oxidation sites excluding steroid dienone is 3. The van der Waals surface area contributed by atoms with Crippen LogP contribution in [0.1, 0.15) is 22.8 Å². The van der Waals surface area contributed by atoms with Crippen LogP contribution in [0.5, 0.6) is 5.75 Å². The van der Waals surface area contributed by atoms with Crippen LogP contribution in [0.25, 0.3) is 5.57 Å². The monoisotopic (exact) mass is 324 g/mol. The lowest BCUT2D eigenvalue weighted by Gasteiger charge is -2.26. The lowest BCUT2D eigenvalue weighted by molar-refractivity contribution is 0.100. The molecule has 1 unspecified atom stereocenters. The Morgan fingerprint density at radius 1 is 1.38 bits per heavy atom. The van der Waals surface area contributed by atoms with Gasteiger partial charge in [0.05, 0.1) is 0 Å². The first kappa shape index (κ1) is 15.9. The lowest BCUT2D eigenvalue weighted by Crippen LogP contribution is -2.24. The first-order valence-corrected chi connectivity index (χ1v) is 7.70. The molecule has 2 heterocycles. The minimum atomic E-state index is -0.469. The Morgan fingerprint density at radius 3 is 2.83 bits per heavy atom. The molecule has 4 N–H and O–H groups in total. The van der Waals surface area contributed by atoms with Crippen molar-refractivity contribution in [3.8, 4) is 5.75 Å². The summed E-state index contributed by atoms with van der Waals surface area (Å²) < 4.78 is 5.86. The quantitative estimate of drug-likeness (QED) is 0.637. The summed E-state index contributed by atoms with van der Waals surface area (Å²) in [7, 11) is 2.02. The van der Waals surface area contributed by atoms with Crippen LogP contribution in [0.15, 0.2) is 53.2 Å². The molecule has 6 heteroatoms. The summed E-state index contributed by atoms with van der Waals surface area (Å²) in [6.45, 7) is 2.82. The standard InChI is InChI=1S/C18H20N4O2/c1-11-9-14(12-5-7-22(2)8-6-12)15-10-13(3-4-16(15)24-11)17(23)21-18(19)20/h3-7,9-11H,8H2,1-2H3,(H4,19,20,21,23). The molecule has 1 atom stereocenters. The highest BCUT2D eigenvalue weighted by molar-refractivity contribution is 6.03. The van der Waals surface area contributed by atoms with E-state index in [2.05, 4.69) is 28.1 Å². The van der Waals surface area contributed by atoms with E-state index >= 15 is 0 Å². The van der Waals surface area contributed by atoms with Gasteiger partial charge in [-0.25, -0.2) is 0 Å². The van der Waals surface area contributed by atoms with Gasteiger partial charge < -0.3 is 21.1 Å². The molecule has 1 amide bonds. The molecule has 3 rings (SSSR count). The number of benzene rings is 1. The van der Waals surface area contributed by atoms with Crippen LogP contribution in [0.4, 0.5) is 0 Å². The second kappa shape index (κ2) is 6.23. The number of carbonyl (C=O) groups excluding carboxylic acids is 1. The second-order valence-electron chi connectivity index (χ2n) is 5.87. The molecular formula is C18H20N4O2. The van der Waals surface area contributed by atoms with E-state index in [-0.39, 0.29) is 12.1 Å². The fourth-order valence-corrected chi connectivity index (χ4v) is 2.75. The molecule has 124 valence electrons. The molecule has 0 aromatic heterocycles. The zero-order chi connectivity index (χ0) is 17.3. The van der Waals surface area contributed by atoms with Gasteiger partial charge in [0.1, 0.15) is 11.9 Å². The molecule has 1 aromatic carbocycles.